The average Bonchev–Trinajstić information content (AvgIpc) is 2.59. The van der Waals surface area contributed by atoms with Gasteiger partial charge in [0.2, 0.25) is 5.75 Å². The highest BCUT2D eigenvalue weighted by Gasteiger charge is 2.13. The Labute approximate surface area is 129 Å². The third kappa shape index (κ3) is 3.18. The molecule has 0 radical (unpaired) electrons. The lowest BCUT2D eigenvalue weighted by Crippen LogP contribution is -1.96. The van der Waals surface area contributed by atoms with E-state index in [1.807, 2.05) is 6.07 Å². The Balaban J connectivity index is 2.53. The van der Waals surface area contributed by atoms with Gasteiger partial charge in [0.25, 0.3) is 0 Å². The Kier molecular flexibility index (Phi) is 4.99. The van der Waals surface area contributed by atoms with Gasteiger partial charge < -0.3 is 14.2 Å². The minimum Gasteiger partial charge on any atom is -0.493 e. The SMILES string of the molecule is COc1cc(C=C(C#N)c2ccccn2)cc(OC)c1OC. The van der Waals surface area contributed by atoms with E-state index in [0.717, 1.165) is 5.56 Å². The molecule has 0 bridgehead atoms. The molecule has 5 nitrogen and oxygen atoms in total. The Morgan fingerprint density at radius 2 is 1.77 bits per heavy atom. The van der Waals surface area contributed by atoms with E-state index in [-0.39, 0.29) is 0 Å². The number of hydrogen-bond donors (Lipinski definition) is 0. The molecule has 0 aliphatic rings. The summed E-state index contributed by atoms with van der Waals surface area (Å²) >= 11 is 0. The van der Waals surface area contributed by atoms with Crippen LogP contribution in [0.5, 0.6) is 17.2 Å². The van der Waals surface area contributed by atoms with Gasteiger partial charge in [-0.1, -0.05) is 6.07 Å². The lowest BCUT2D eigenvalue weighted by atomic mass is 10.1. The number of benzene rings is 1. The van der Waals surface area contributed by atoms with Crippen molar-refractivity contribution in [1.29, 1.82) is 5.26 Å². The number of nitriles is 1. The molecule has 0 atom stereocenters. The van der Waals surface area contributed by atoms with Gasteiger partial charge in [0, 0.05) is 6.20 Å². The lowest BCUT2D eigenvalue weighted by Gasteiger charge is -2.13. The molecular formula is C17H16N2O3. The summed E-state index contributed by atoms with van der Waals surface area (Å²) in [6.07, 6.45) is 3.38. The predicted octanol–water partition coefficient (Wildman–Crippen LogP) is 3.17. The molecule has 0 aliphatic carbocycles. The monoisotopic (exact) mass is 296 g/mol. The number of allylic oxidation sites excluding steroid dienone is 1. The van der Waals surface area contributed by atoms with Gasteiger partial charge in [-0.05, 0) is 35.9 Å². The molecule has 0 N–H and O–H groups in total. The van der Waals surface area contributed by atoms with Crippen LogP contribution in [0.15, 0.2) is 36.5 Å². The van der Waals surface area contributed by atoms with Gasteiger partial charge in [-0.2, -0.15) is 5.26 Å². The first-order valence-electron chi connectivity index (χ1n) is 6.56. The molecule has 0 aliphatic heterocycles. The fraction of sp³-hybridized carbons (Fsp3) is 0.176. The summed E-state index contributed by atoms with van der Waals surface area (Å²) in [6, 6.07) is 11.1. The van der Waals surface area contributed by atoms with Gasteiger partial charge in [0.15, 0.2) is 11.5 Å². The van der Waals surface area contributed by atoms with E-state index in [2.05, 4.69) is 11.1 Å². The van der Waals surface area contributed by atoms with Crippen LogP contribution in [0.3, 0.4) is 0 Å². The van der Waals surface area contributed by atoms with Crippen LogP contribution in [0.4, 0.5) is 0 Å². The van der Waals surface area contributed by atoms with Crippen LogP contribution in [-0.2, 0) is 0 Å². The second kappa shape index (κ2) is 7.14. The molecule has 1 heterocycles. The minimum absolute atomic E-state index is 0.454. The normalized spacial score (nSPS) is 10.7. The molecule has 2 rings (SSSR count). The molecule has 22 heavy (non-hydrogen) atoms. The summed E-state index contributed by atoms with van der Waals surface area (Å²) in [4.78, 5) is 4.19. The largest absolute Gasteiger partial charge is 0.493 e. The van der Waals surface area contributed by atoms with Crippen LogP contribution in [0, 0.1) is 11.3 Å². The van der Waals surface area contributed by atoms with E-state index in [1.54, 1.807) is 57.9 Å². The van der Waals surface area contributed by atoms with E-state index >= 15 is 0 Å². The molecular weight excluding hydrogens is 280 g/mol. The zero-order chi connectivity index (χ0) is 15.9. The molecule has 0 spiro atoms. The summed E-state index contributed by atoms with van der Waals surface area (Å²) in [7, 11) is 4.65. The molecule has 0 unspecified atom stereocenters. The molecule has 1 aromatic heterocycles. The Morgan fingerprint density at radius 1 is 1.09 bits per heavy atom. The Hall–Kier alpha value is -3.00. The molecule has 0 fully saturated rings. The second-order valence-corrected chi connectivity index (χ2v) is 4.34. The summed E-state index contributed by atoms with van der Waals surface area (Å²) in [5.41, 5.74) is 1.82. The summed E-state index contributed by atoms with van der Waals surface area (Å²) in [5.74, 6) is 1.58. The summed E-state index contributed by atoms with van der Waals surface area (Å²) in [6.45, 7) is 0. The Bertz CT molecular complexity index is 693. The maximum absolute atomic E-state index is 9.35. The average molecular weight is 296 g/mol. The van der Waals surface area contributed by atoms with Crippen LogP contribution in [0.25, 0.3) is 11.6 Å². The molecule has 2 aromatic rings. The smallest absolute Gasteiger partial charge is 0.203 e. The van der Waals surface area contributed by atoms with Crippen LogP contribution < -0.4 is 14.2 Å². The maximum Gasteiger partial charge on any atom is 0.203 e. The van der Waals surface area contributed by atoms with Crippen molar-refractivity contribution in [2.24, 2.45) is 0 Å². The number of ether oxygens (including phenoxy) is 3. The number of aromatic nitrogens is 1. The fourth-order valence-corrected chi connectivity index (χ4v) is 2.04. The van der Waals surface area contributed by atoms with Gasteiger partial charge in [0.05, 0.1) is 32.6 Å². The van der Waals surface area contributed by atoms with Crippen molar-refractivity contribution in [3.63, 3.8) is 0 Å². The zero-order valence-electron chi connectivity index (χ0n) is 12.7. The van der Waals surface area contributed by atoms with Crippen LogP contribution in [-0.4, -0.2) is 26.3 Å². The number of methoxy groups -OCH3 is 3. The quantitative estimate of drug-likeness (QED) is 0.793. The molecule has 0 saturated heterocycles. The predicted molar refractivity (Wildman–Crippen MR) is 83.8 cm³/mol. The standard InChI is InChI=1S/C17H16N2O3/c1-20-15-9-12(10-16(21-2)17(15)22-3)8-13(11-18)14-6-4-5-7-19-14/h4-10H,1-3H3. The van der Waals surface area contributed by atoms with E-state index in [9.17, 15) is 5.26 Å². The minimum atomic E-state index is 0.454. The van der Waals surface area contributed by atoms with Gasteiger partial charge in [-0.25, -0.2) is 0 Å². The van der Waals surface area contributed by atoms with Crippen molar-refractivity contribution in [3.8, 4) is 23.3 Å². The van der Waals surface area contributed by atoms with E-state index < -0.39 is 0 Å². The Morgan fingerprint density at radius 3 is 2.23 bits per heavy atom. The maximum atomic E-state index is 9.35. The third-order valence-electron chi connectivity index (χ3n) is 3.06. The van der Waals surface area contributed by atoms with E-state index in [0.29, 0.717) is 28.5 Å². The zero-order valence-corrected chi connectivity index (χ0v) is 12.7. The van der Waals surface area contributed by atoms with Crippen molar-refractivity contribution >= 4 is 11.6 Å². The summed E-state index contributed by atoms with van der Waals surface area (Å²) in [5, 5.41) is 9.35. The topological polar surface area (TPSA) is 64.4 Å². The van der Waals surface area contributed by atoms with Gasteiger partial charge >= 0.3 is 0 Å². The first kappa shape index (κ1) is 15.4. The van der Waals surface area contributed by atoms with Gasteiger partial charge in [-0.3, -0.25) is 4.98 Å². The fourth-order valence-electron chi connectivity index (χ4n) is 2.04. The van der Waals surface area contributed by atoms with E-state index in [4.69, 9.17) is 14.2 Å². The number of nitrogens with zero attached hydrogens (tertiary/aromatic N) is 2. The second-order valence-electron chi connectivity index (χ2n) is 4.34. The first-order chi connectivity index (χ1) is 10.7. The highest BCUT2D eigenvalue weighted by atomic mass is 16.5. The molecule has 0 saturated carbocycles. The number of hydrogen-bond acceptors (Lipinski definition) is 5. The van der Waals surface area contributed by atoms with E-state index in [1.165, 1.54) is 0 Å². The van der Waals surface area contributed by atoms with Crippen molar-refractivity contribution < 1.29 is 14.2 Å². The molecule has 5 heteroatoms. The molecule has 0 amide bonds. The van der Waals surface area contributed by atoms with Crippen molar-refractivity contribution in [2.75, 3.05) is 21.3 Å². The first-order valence-corrected chi connectivity index (χ1v) is 6.56. The third-order valence-corrected chi connectivity index (χ3v) is 3.06. The van der Waals surface area contributed by atoms with Crippen LogP contribution in [0.2, 0.25) is 0 Å². The van der Waals surface area contributed by atoms with Crippen molar-refractivity contribution in [2.45, 2.75) is 0 Å². The lowest BCUT2D eigenvalue weighted by molar-refractivity contribution is 0.324. The van der Waals surface area contributed by atoms with Gasteiger partial charge in [-0.15, -0.1) is 0 Å². The van der Waals surface area contributed by atoms with Gasteiger partial charge in [0.1, 0.15) is 6.07 Å². The summed E-state index contributed by atoms with van der Waals surface area (Å²) < 4.78 is 15.9. The number of rotatable bonds is 5. The number of pyridine rings is 1. The highest BCUT2D eigenvalue weighted by molar-refractivity contribution is 5.88. The highest BCUT2D eigenvalue weighted by Crippen LogP contribution is 2.38. The van der Waals surface area contributed by atoms with Crippen molar-refractivity contribution in [1.82, 2.24) is 4.98 Å². The van der Waals surface area contributed by atoms with Crippen LogP contribution >= 0.6 is 0 Å². The van der Waals surface area contributed by atoms with Crippen molar-refractivity contribution in [3.05, 3.63) is 47.8 Å². The molecule has 1 aromatic carbocycles. The van der Waals surface area contributed by atoms with Crippen LogP contribution in [0.1, 0.15) is 11.3 Å². The molecule has 112 valence electrons.